The van der Waals surface area contributed by atoms with Gasteiger partial charge in [0.05, 0.1) is 11.1 Å². The summed E-state index contributed by atoms with van der Waals surface area (Å²) in [7, 11) is 3.21. The molecule has 0 N–H and O–H groups in total. The Bertz CT molecular complexity index is 934. The van der Waals surface area contributed by atoms with Gasteiger partial charge in [-0.25, -0.2) is 9.78 Å². The fourth-order valence-electron chi connectivity index (χ4n) is 2.84. The van der Waals surface area contributed by atoms with Crippen LogP contribution in [-0.2, 0) is 9.53 Å². The number of likely N-dealkylation sites (N-methyl/N-ethyl adjacent to an activating group) is 1. The summed E-state index contributed by atoms with van der Waals surface area (Å²) in [5.41, 5.74) is 1.72. The third-order valence-corrected chi connectivity index (χ3v) is 5.20. The predicted octanol–water partition coefficient (Wildman–Crippen LogP) is 3.54. The van der Waals surface area contributed by atoms with Gasteiger partial charge < -0.3 is 9.64 Å². The van der Waals surface area contributed by atoms with Crippen LogP contribution in [-0.4, -0.2) is 42.1 Å². The van der Waals surface area contributed by atoms with E-state index in [-0.39, 0.29) is 17.0 Å². The summed E-state index contributed by atoms with van der Waals surface area (Å²) in [6, 6.07) is 12.6. The topological polar surface area (TPSA) is 83.3 Å². The van der Waals surface area contributed by atoms with E-state index in [9.17, 15) is 14.9 Å². The van der Waals surface area contributed by atoms with Crippen molar-refractivity contribution in [3.8, 4) is 6.07 Å². The maximum atomic E-state index is 13.0. The number of nitrogens with zero attached hydrogens (tertiary/aromatic N) is 3. The number of rotatable bonds is 6. The molecule has 0 radical (unpaired) electrons. The number of benzene rings is 1. The van der Waals surface area contributed by atoms with Gasteiger partial charge in [0.15, 0.2) is 0 Å². The fourth-order valence-corrected chi connectivity index (χ4v) is 3.40. The quantitative estimate of drug-likeness (QED) is 0.549. The maximum Gasteiger partial charge on any atom is 0.340 e. The highest BCUT2D eigenvalue weighted by Gasteiger charge is 2.31. The molecule has 6 nitrogen and oxygen atoms in total. The molecule has 1 heterocycles. The Morgan fingerprint density at radius 2 is 1.96 bits per heavy atom. The van der Waals surface area contributed by atoms with Crippen LogP contribution >= 0.6 is 11.8 Å². The summed E-state index contributed by atoms with van der Waals surface area (Å²) in [4.78, 5) is 31.6. The van der Waals surface area contributed by atoms with Gasteiger partial charge in [0, 0.05) is 31.3 Å². The van der Waals surface area contributed by atoms with Gasteiger partial charge in [-0.05, 0) is 25.2 Å². The third-order valence-electron chi connectivity index (χ3n) is 4.52. The molecule has 1 amide bonds. The van der Waals surface area contributed by atoms with Crippen LogP contribution in [0.5, 0.6) is 0 Å². The smallest absolute Gasteiger partial charge is 0.340 e. The molecule has 0 unspecified atom stereocenters. The van der Waals surface area contributed by atoms with Crippen molar-refractivity contribution in [3.05, 3.63) is 58.8 Å². The maximum absolute atomic E-state index is 13.0. The molecular formula is C21H21N3O3S. The van der Waals surface area contributed by atoms with Crippen molar-refractivity contribution in [2.24, 2.45) is 0 Å². The van der Waals surface area contributed by atoms with E-state index < -0.39 is 12.1 Å². The number of aromatic nitrogens is 1. The number of carbonyl (C=O) groups is 2. The molecule has 3 rings (SSSR count). The molecule has 1 aromatic carbocycles. The number of nitriles is 1. The van der Waals surface area contributed by atoms with Gasteiger partial charge in [0.1, 0.15) is 11.1 Å². The Morgan fingerprint density at radius 1 is 1.29 bits per heavy atom. The summed E-state index contributed by atoms with van der Waals surface area (Å²) < 4.78 is 5.62. The van der Waals surface area contributed by atoms with Crippen molar-refractivity contribution in [1.29, 1.82) is 5.26 Å². The highest BCUT2D eigenvalue weighted by Crippen LogP contribution is 2.41. The highest BCUT2D eigenvalue weighted by atomic mass is 32.2. The molecule has 7 heteroatoms. The van der Waals surface area contributed by atoms with Crippen LogP contribution in [0, 0.1) is 11.3 Å². The van der Waals surface area contributed by atoms with Crippen molar-refractivity contribution < 1.29 is 14.3 Å². The normalized spacial score (nSPS) is 14.1. The van der Waals surface area contributed by atoms with Crippen LogP contribution in [0.15, 0.2) is 41.4 Å². The molecule has 28 heavy (non-hydrogen) atoms. The zero-order valence-electron chi connectivity index (χ0n) is 16.0. The van der Waals surface area contributed by atoms with E-state index in [4.69, 9.17) is 4.74 Å². The number of hydrogen-bond acceptors (Lipinski definition) is 6. The van der Waals surface area contributed by atoms with Crippen molar-refractivity contribution in [3.63, 3.8) is 0 Å². The molecular weight excluding hydrogens is 374 g/mol. The zero-order valence-corrected chi connectivity index (χ0v) is 16.8. The molecule has 0 aliphatic heterocycles. The largest absolute Gasteiger partial charge is 0.444 e. The minimum Gasteiger partial charge on any atom is -0.444 e. The molecule has 1 aliphatic rings. The lowest BCUT2D eigenvalue weighted by molar-refractivity contribution is -0.138. The molecule has 1 aromatic heterocycles. The van der Waals surface area contributed by atoms with Crippen molar-refractivity contribution >= 4 is 23.6 Å². The van der Waals surface area contributed by atoms with Gasteiger partial charge in [0.25, 0.3) is 5.91 Å². The summed E-state index contributed by atoms with van der Waals surface area (Å²) in [5, 5.41) is 10.1. The second-order valence-corrected chi connectivity index (χ2v) is 7.59. The van der Waals surface area contributed by atoms with Gasteiger partial charge in [0.2, 0.25) is 6.10 Å². The summed E-state index contributed by atoms with van der Waals surface area (Å²) in [6.07, 6.45) is 2.78. The number of carbonyl (C=O) groups excluding carboxylic acids is 2. The summed E-state index contributed by atoms with van der Waals surface area (Å²) in [6.45, 7) is 0. The molecule has 1 aliphatic carbocycles. The second kappa shape index (κ2) is 8.44. The van der Waals surface area contributed by atoms with Gasteiger partial charge in [-0.15, -0.1) is 11.8 Å². The molecule has 144 valence electrons. The van der Waals surface area contributed by atoms with Crippen LogP contribution in [0.3, 0.4) is 0 Å². The van der Waals surface area contributed by atoms with Crippen molar-refractivity contribution in [1.82, 2.24) is 9.88 Å². The van der Waals surface area contributed by atoms with E-state index in [0.29, 0.717) is 16.5 Å². The van der Waals surface area contributed by atoms with Gasteiger partial charge in [-0.1, -0.05) is 30.3 Å². The number of hydrogen-bond donors (Lipinski definition) is 0. The van der Waals surface area contributed by atoms with E-state index in [0.717, 1.165) is 18.5 Å². The van der Waals surface area contributed by atoms with Gasteiger partial charge in [-0.2, -0.15) is 5.26 Å². The monoisotopic (exact) mass is 395 g/mol. The van der Waals surface area contributed by atoms with Gasteiger partial charge >= 0.3 is 5.97 Å². The molecule has 0 saturated heterocycles. The van der Waals surface area contributed by atoms with Crippen LogP contribution in [0.4, 0.5) is 0 Å². The van der Waals surface area contributed by atoms with Crippen LogP contribution in [0.25, 0.3) is 0 Å². The molecule has 0 spiro atoms. The molecule has 1 saturated carbocycles. The number of esters is 1. The first-order chi connectivity index (χ1) is 13.5. The minimum absolute atomic E-state index is 0.163. The van der Waals surface area contributed by atoms with E-state index >= 15 is 0 Å². The molecule has 1 fully saturated rings. The first kappa shape index (κ1) is 19.9. The SMILES string of the molecule is CSc1nc(C2CC2)cc(C(=O)O[C@@H](C(=O)N(C)C)c2ccccc2)c1C#N. The number of ether oxygens (including phenoxy) is 1. The van der Waals surface area contributed by atoms with E-state index in [1.807, 2.05) is 12.3 Å². The molecule has 2 aromatic rings. The Labute approximate surface area is 168 Å². The van der Waals surface area contributed by atoms with Gasteiger partial charge in [-0.3, -0.25) is 4.79 Å². The summed E-state index contributed by atoms with van der Waals surface area (Å²) in [5.74, 6) is -0.724. The zero-order chi connectivity index (χ0) is 20.3. The third kappa shape index (κ3) is 4.18. The number of amides is 1. The number of thioether (sulfide) groups is 1. The lowest BCUT2D eigenvalue weighted by Crippen LogP contribution is -2.31. The Kier molecular flexibility index (Phi) is 6.00. The predicted molar refractivity (Wildman–Crippen MR) is 106 cm³/mol. The lowest BCUT2D eigenvalue weighted by Gasteiger charge is -2.21. The van der Waals surface area contributed by atoms with Crippen LogP contribution < -0.4 is 0 Å². The Hall–Kier alpha value is -2.85. The van der Waals surface area contributed by atoms with Crippen LogP contribution in [0.1, 0.15) is 52.0 Å². The molecule has 0 bridgehead atoms. The van der Waals surface area contributed by atoms with Crippen molar-refractivity contribution in [2.75, 3.05) is 20.4 Å². The lowest BCUT2D eigenvalue weighted by atomic mass is 10.1. The average molecular weight is 395 g/mol. The molecule has 1 atom stereocenters. The summed E-state index contributed by atoms with van der Waals surface area (Å²) >= 11 is 1.32. The van der Waals surface area contributed by atoms with Crippen molar-refractivity contribution in [2.45, 2.75) is 29.9 Å². The van der Waals surface area contributed by atoms with E-state index in [1.165, 1.54) is 16.7 Å². The Balaban J connectivity index is 1.99. The first-order valence-electron chi connectivity index (χ1n) is 8.92. The first-order valence-corrected chi connectivity index (χ1v) is 10.1. The van der Waals surface area contributed by atoms with Crippen LogP contribution in [0.2, 0.25) is 0 Å². The number of pyridine rings is 1. The van der Waals surface area contributed by atoms with E-state index in [2.05, 4.69) is 11.1 Å². The average Bonchev–Trinajstić information content (AvgIpc) is 3.56. The standard InChI is InChI=1S/C21H21N3O3S/c1-24(2)20(25)18(14-7-5-4-6-8-14)27-21(26)15-11-17(13-9-10-13)23-19(28-3)16(15)12-22/h4-8,11,13,18H,9-10H2,1-3H3/t18-/m1/s1. The minimum atomic E-state index is -1.08. The van der Waals surface area contributed by atoms with E-state index in [1.54, 1.807) is 44.4 Å². The second-order valence-electron chi connectivity index (χ2n) is 6.79. The Morgan fingerprint density at radius 3 is 2.50 bits per heavy atom. The fraction of sp³-hybridized carbons (Fsp3) is 0.333. The highest BCUT2D eigenvalue weighted by molar-refractivity contribution is 7.98.